The molecule has 4 fully saturated rings. The Balaban J connectivity index is 1.37. The van der Waals surface area contributed by atoms with Crippen LogP contribution in [-0.4, -0.2) is 63.1 Å². The molecule has 7 heteroatoms. The Kier molecular flexibility index (Phi) is 4.66. The van der Waals surface area contributed by atoms with E-state index in [9.17, 15) is 15.0 Å². The van der Waals surface area contributed by atoms with Gasteiger partial charge in [-0.05, 0) is 88.0 Å². The van der Waals surface area contributed by atoms with Crippen LogP contribution in [0.5, 0.6) is 0 Å². The average molecular weight is 478 g/mol. The van der Waals surface area contributed by atoms with Gasteiger partial charge in [-0.15, -0.1) is 0 Å². The smallest absolute Gasteiger partial charge is 0.249 e. The molecule has 2 N–H and O–H groups in total. The number of hydrogen-bond donors (Lipinski definition) is 2. The maximum Gasteiger partial charge on any atom is 0.249 e. The fourth-order valence-corrected chi connectivity index (χ4v) is 8.44. The lowest BCUT2D eigenvalue weighted by molar-refractivity contribution is -0.187. The molecule has 0 radical (unpaired) electrons. The Hall–Kier alpha value is -2.22. The maximum absolute atomic E-state index is 13.1. The number of aliphatic hydroxyl groups excluding tert-OH is 1. The number of aryl methyl sites for hydroxylation is 1. The number of anilines is 1. The average Bonchev–Trinajstić information content (AvgIpc) is 3.59. The first-order valence-electron chi connectivity index (χ1n) is 13.3. The van der Waals surface area contributed by atoms with Gasteiger partial charge in [0, 0.05) is 36.7 Å². The van der Waals surface area contributed by atoms with Crippen LogP contribution in [0.25, 0.3) is 0 Å². The molecule has 35 heavy (non-hydrogen) atoms. The third-order valence-corrected chi connectivity index (χ3v) is 9.91. The van der Waals surface area contributed by atoms with Crippen LogP contribution in [-0.2, 0) is 9.53 Å². The second kappa shape index (κ2) is 7.40. The molecule has 4 aliphatic carbocycles. The Labute approximate surface area is 206 Å². The molecule has 6 aliphatic rings. The standard InChI is InChI=1S/C28H35N3O4/c1-16-4-3-12-29-26(16)31(17(2)32)21-9-8-20-22-14-19-7-10-23(33)28(34)24(19)27(20,25(21)35-28)11-13-30(22)15-18-5-6-18/h3-4,10,12,18,20-22,25,33-34H,5-9,11,13-15H2,1-2H3/t20-,21-,22+,25-,27-,28?/m0/s1. The van der Waals surface area contributed by atoms with E-state index in [0.717, 1.165) is 49.3 Å². The van der Waals surface area contributed by atoms with Crippen molar-refractivity contribution in [2.75, 3.05) is 18.0 Å². The minimum absolute atomic E-state index is 0.0652. The number of amides is 1. The molecule has 6 atom stereocenters. The maximum atomic E-state index is 13.1. The lowest BCUT2D eigenvalue weighted by atomic mass is 9.49. The zero-order chi connectivity index (χ0) is 24.1. The van der Waals surface area contributed by atoms with Crippen LogP contribution in [0.15, 0.2) is 41.3 Å². The van der Waals surface area contributed by atoms with Gasteiger partial charge in [0.25, 0.3) is 0 Å². The molecule has 1 unspecified atom stereocenters. The van der Waals surface area contributed by atoms with Crippen molar-refractivity contribution in [3.63, 3.8) is 0 Å². The molecule has 2 saturated heterocycles. The van der Waals surface area contributed by atoms with Gasteiger partial charge in [-0.25, -0.2) is 4.98 Å². The van der Waals surface area contributed by atoms with Gasteiger partial charge in [0.15, 0.2) is 5.76 Å². The SMILES string of the molecule is CC(=O)N(c1ncccc1C)[C@H]1CC[C@H]2[C@H]3CC4=C5C(O)(O[C@@H]1[C@]52CCN3CC1CC1)C(O)=CC4. The molecule has 2 bridgehead atoms. The number of piperidine rings is 1. The number of likely N-dealkylation sites (tertiary alicyclic amines) is 1. The Morgan fingerprint density at radius 1 is 1.31 bits per heavy atom. The van der Waals surface area contributed by atoms with E-state index in [0.29, 0.717) is 24.2 Å². The van der Waals surface area contributed by atoms with Crippen LogP contribution >= 0.6 is 0 Å². The lowest BCUT2D eigenvalue weighted by Crippen LogP contribution is -2.66. The molecular weight excluding hydrogens is 442 g/mol. The van der Waals surface area contributed by atoms with Gasteiger partial charge in [0.1, 0.15) is 5.82 Å². The topological polar surface area (TPSA) is 86.1 Å². The molecule has 2 saturated carbocycles. The Bertz CT molecular complexity index is 1160. The molecular formula is C28H35N3O4. The zero-order valence-electron chi connectivity index (χ0n) is 20.6. The van der Waals surface area contributed by atoms with Crippen molar-refractivity contribution in [3.05, 3.63) is 46.9 Å². The van der Waals surface area contributed by atoms with Crippen molar-refractivity contribution in [2.45, 2.75) is 82.8 Å². The summed E-state index contributed by atoms with van der Waals surface area (Å²) >= 11 is 0. The minimum atomic E-state index is -1.77. The monoisotopic (exact) mass is 477 g/mol. The molecule has 2 aliphatic heterocycles. The summed E-state index contributed by atoms with van der Waals surface area (Å²) < 4.78 is 6.60. The summed E-state index contributed by atoms with van der Waals surface area (Å²) in [6, 6.07) is 4.06. The summed E-state index contributed by atoms with van der Waals surface area (Å²) in [7, 11) is 0. The second-order valence-electron chi connectivity index (χ2n) is 11.7. The third kappa shape index (κ3) is 2.89. The number of pyridine rings is 1. The fraction of sp³-hybridized carbons (Fsp3) is 0.643. The van der Waals surface area contributed by atoms with Crippen LogP contribution in [0.4, 0.5) is 5.82 Å². The number of carbonyl (C=O) groups is 1. The summed E-state index contributed by atoms with van der Waals surface area (Å²) in [6.45, 7) is 5.73. The van der Waals surface area contributed by atoms with E-state index >= 15 is 0 Å². The second-order valence-corrected chi connectivity index (χ2v) is 11.7. The number of rotatable bonds is 4. The summed E-state index contributed by atoms with van der Waals surface area (Å²) in [5, 5.41) is 22.8. The van der Waals surface area contributed by atoms with Gasteiger partial charge >= 0.3 is 0 Å². The Morgan fingerprint density at radius 2 is 2.14 bits per heavy atom. The van der Waals surface area contributed by atoms with E-state index in [1.54, 1.807) is 19.2 Å². The molecule has 1 spiro atoms. The molecule has 3 heterocycles. The largest absolute Gasteiger partial charge is 0.507 e. The zero-order valence-corrected chi connectivity index (χ0v) is 20.6. The minimum Gasteiger partial charge on any atom is -0.507 e. The number of carbonyl (C=O) groups excluding carboxylic acids is 1. The van der Waals surface area contributed by atoms with E-state index in [1.807, 2.05) is 24.0 Å². The van der Waals surface area contributed by atoms with Crippen molar-refractivity contribution in [2.24, 2.45) is 17.3 Å². The van der Waals surface area contributed by atoms with E-state index in [1.165, 1.54) is 25.0 Å². The van der Waals surface area contributed by atoms with Crippen molar-refractivity contribution < 1.29 is 19.7 Å². The van der Waals surface area contributed by atoms with E-state index in [2.05, 4.69) is 9.88 Å². The highest BCUT2D eigenvalue weighted by molar-refractivity contribution is 5.92. The van der Waals surface area contributed by atoms with Crippen molar-refractivity contribution in [1.82, 2.24) is 9.88 Å². The first kappa shape index (κ1) is 22.0. The van der Waals surface area contributed by atoms with Gasteiger partial charge < -0.3 is 14.9 Å². The van der Waals surface area contributed by atoms with Gasteiger partial charge in [0.05, 0.1) is 12.1 Å². The molecule has 0 aromatic carbocycles. The summed E-state index contributed by atoms with van der Waals surface area (Å²) in [5.41, 5.74) is 2.74. The molecule has 1 amide bonds. The number of nitrogens with zero attached hydrogens (tertiary/aromatic N) is 3. The van der Waals surface area contributed by atoms with Crippen LogP contribution < -0.4 is 4.90 Å². The third-order valence-electron chi connectivity index (χ3n) is 9.91. The molecule has 7 nitrogen and oxygen atoms in total. The number of allylic oxidation sites excluding steroid dienone is 1. The highest BCUT2D eigenvalue weighted by atomic mass is 16.7. The summed E-state index contributed by atoms with van der Waals surface area (Å²) in [4.78, 5) is 22.3. The first-order valence-corrected chi connectivity index (χ1v) is 13.3. The van der Waals surface area contributed by atoms with Crippen LogP contribution in [0.3, 0.4) is 0 Å². The predicted octanol–water partition coefficient (Wildman–Crippen LogP) is 3.63. The molecule has 1 aromatic heterocycles. The normalized spacial score (nSPS) is 39.8. The van der Waals surface area contributed by atoms with Gasteiger partial charge in [-0.1, -0.05) is 11.6 Å². The van der Waals surface area contributed by atoms with E-state index in [-0.39, 0.29) is 29.2 Å². The number of aliphatic hydroxyl groups is 2. The van der Waals surface area contributed by atoms with Crippen LogP contribution in [0.1, 0.15) is 57.4 Å². The summed E-state index contributed by atoms with van der Waals surface area (Å²) in [5.74, 6) is -0.0700. The van der Waals surface area contributed by atoms with Crippen LogP contribution in [0.2, 0.25) is 0 Å². The fourth-order valence-electron chi connectivity index (χ4n) is 8.44. The number of aromatic nitrogens is 1. The first-order chi connectivity index (χ1) is 16.8. The van der Waals surface area contributed by atoms with E-state index in [4.69, 9.17) is 4.74 Å². The molecule has 1 aromatic rings. The van der Waals surface area contributed by atoms with Gasteiger partial charge in [-0.3, -0.25) is 14.6 Å². The van der Waals surface area contributed by atoms with Gasteiger partial charge in [0.2, 0.25) is 11.7 Å². The number of hydrogen-bond acceptors (Lipinski definition) is 6. The quantitative estimate of drug-likeness (QED) is 0.645. The van der Waals surface area contributed by atoms with Gasteiger partial charge in [-0.2, -0.15) is 0 Å². The van der Waals surface area contributed by atoms with Crippen LogP contribution in [0, 0.1) is 24.2 Å². The molecule has 186 valence electrons. The summed E-state index contributed by atoms with van der Waals surface area (Å²) in [6.07, 6.45) is 10.0. The highest BCUT2D eigenvalue weighted by Gasteiger charge is 2.73. The number of ether oxygens (including phenoxy) is 1. The highest BCUT2D eigenvalue weighted by Crippen LogP contribution is 2.68. The van der Waals surface area contributed by atoms with Crippen molar-refractivity contribution >= 4 is 11.7 Å². The predicted molar refractivity (Wildman–Crippen MR) is 131 cm³/mol. The molecule has 7 rings (SSSR count). The lowest BCUT2D eigenvalue weighted by Gasteiger charge is -2.61. The van der Waals surface area contributed by atoms with Crippen molar-refractivity contribution in [1.29, 1.82) is 0 Å². The Morgan fingerprint density at radius 3 is 2.89 bits per heavy atom. The van der Waals surface area contributed by atoms with E-state index < -0.39 is 5.79 Å². The van der Waals surface area contributed by atoms with Crippen molar-refractivity contribution in [3.8, 4) is 0 Å².